The predicted molar refractivity (Wildman–Crippen MR) is 157 cm³/mol. The Morgan fingerprint density at radius 1 is 1.13 bits per heavy atom. The van der Waals surface area contributed by atoms with Gasteiger partial charge in [-0.3, -0.25) is 9.36 Å². The molecule has 1 atom stereocenters. The fourth-order valence-electron chi connectivity index (χ4n) is 4.20. The number of allylic oxidation sites excluding steroid dienone is 1. The van der Waals surface area contributed by atoms with E-state index in [0.29, 0.717) is 47.0 Å². The molecular weight excluding hydrogens is 599 g/mol. The number of ether oxygens (including phenoxy) is 2. The number of nitrogens with zero attached hydrogens (tertiary/aromatic N) is 2. The van der Waals surface area contributed by atoms with Gasteiger partial charge < -0.3 is 9.47 Å². The molecule has 4 aromatic rings. The Hall–Kier alpha value is -2.88. The number of benzene rings is 2. The molecule has 0 bridgehead atoms. The molecule has 0 saturated heterocycles. The zero-order valence-electron chi connectivity index (χ0n) is 20.7. The first-order valence-electron chi connectivity index (χ1n) is 11.9. The highest BCUT2D eigenvalue weighted by Gasteiger charge is 2.33. The van der Waals surface area contributed by atoms with Crippen LogP contribution in [0, 0.1) is 0 Å². The molecule has 0 spiro atoms. The Morgan fingerprint density at radius 3 is 2.67 bits per heavy atom. The molecule has 11 heteroatoms. The third-order valence-corrected chi connectivity index (χ3v) is 8.85. The summed E-state index contributed by atoms with van der Waals surface area (Å²) in [5.41, 5.74) is 2.06. The normalized spacial score (nSPS) is 15.2. The van der Waals surface area contributed by atoms with E-state index in [0.717, 1.165) is 10.4 Å². The van der Waals surface area contributed by atoms with Crippen LogP contribution in [0.15, 0.2) is 75.0 Å². The highest BCUT2D eigenvalue weighted by atomic mass is 35.5. The van der Waals surface area contributed by atoms with Crippen LogP contribution in [0.4, 0.5) is 0 Å². The fourth-order valence-corrected chi connectivity index (χ4v) is 6.57. The number of hydrogen-bond donors (Lipinski definition) is 0. The summed E-state index contributed by atoms with van der Waals surface area (Å²) in [6.07, 6.45) is 1.73. The van der Waals surface area contributed by atoms with Gasteiger partial charge in [0, 0.05) is 15.5 Å². The van der Waals surface area contributed by atoms with Crippen LogP contribution in [0.1, 0.15) is 35.9 Å². The summed E-state index contributed by atoms with van der Waals surface area (Å²) in [4.78, 5) is 32.7. The quantitative estimate of drug-likeness (QED) is 0.225. The molecule has 0 radical (unpaired) electrons. The number of halogens is 3. The molecule has 0 aliphatic carbocycles. The van der Waals surface area contributed by atoms with Crippen LogP contribution in [0.3, 0.4) is 0 Å². The van der Waals surface area contributed by atoms with Gasteiger partial charge in [-0.25, -0.2) is 9.79 Å². The monoisotopic (exact) mass is 618 g/mol. The molecule has 5 rings (SSSR count). The van der Waals surface area contributed by atoms with Gasteiger partial charge in [0.05, 0.1) is 32.5 Å². The van der Waals surface area contributed by atoms with E-state index in [4.69, 9.17) is 44.3 Å². The summed E-state index contributed by atoms with van der Waals surface area (Å²) >= 11 is 21.2. The number of esters is 1. The lowest BCUT2D eigenvalue weighted by Gasteiger charge is -2.23. The Labute approximate surface area is 247 Å². The Kier molecular flexibility index (Phi) is 8.30. The van der Waals surface area contributed by atoms with Gasteiger partial charge in [-0.1, -0.05) is 58.3 Å². The molecule has 2 aromatic carbocycles. The minimum Gasteiger partial charge on any atom is -0.488 e. The van der Waals surface area contributed by atoms with Gasteiger partial charge in [0.2, 0.25) is 0 Å². The van der Waals surface area contributed by atoms with Crippen LogP contribution in [0.5, 0.6) is 5.75 Å². The number of thiazole rings is 1. The molecule has 2 aromatic heterocycles. The minimum atomic E-state index is -0.632. The van der Waals surface area contributed by atoms with E-state index < -0.39 is 12.0 Å². The Morgan fingerprint density at radius 2 is 1.95 bits per heavy atom. The van der Waals surface area contributed by atoms with Crippen LogP contribution in [0.2, 0.25) is 15.1 Å². The van der Waals surface area contributed by atoms with Crippen molar-refractivity contribution in [3.63, 3.8) is 0 Å². The molecule has 0 unspecified atom stereocenters. The van der Waals surface area contributed by atoms with E-state index in [9.17, 15) is 9.59 Å². The first kappa shape index (κ1) is 27.7. The predicted octanol–water partition coefficient (Wildman–Crippen LogP) is 6.40. The molecule has 0 fully saturated rings. The molecule has 39 heavy (non-hydrogen) atoms. The van der Waals surface area contributed by atoms with Crippen LogP contribution in [-0.2, 0) is 16.1 Å². The van der Waals surface area contributed by atoms with Gasteiger partial charge in [0.15, 0.2) is 4.80 Å². The molecule has 3 heterocycles. The van der Waals surface area contributed by atoms with Crippen molar-refractivity contribution in [1.82, 2.24) is 4.57 Å². The van der Waals surface area contributed by atoms with Crippen molar-refractivity contribution in [2.45, 2.75) is 26.5 Å². The third-order valence-electron chi connectivity index (χ3n) is 5.97. The molecule has 1 aliphatic heterocycles. The number of aromatic nitrogens is 1. The lowest BCUT2D eigenvalue weighted by atomic mass is 10.0. The SMILES string of the molecule is CCOC(=O)C1=C(C)N=c2s/c(=C\c3cc(Cl)ccc3OCc3ccc(Cl)c(Cl)c3)c(=O)n2[C@@H]1c1cccs1. The standard InChI is InChI=1S/C28H21Cl3N2O4S2/c1-3-36-27(35)24-15(2)32-28-33(25(24)22-5-4-10-38-22)26(34)23(39-28)13-17-12-18(29)7-9-21(17)37-14-16-6-8-19(30)20(31)11-16/h4-13,25H,3,14H2,1-2H3/b23-13-/t25-/m1/s1. The molecule has 6 nitrogen and oxygen atoms in total. The summed E-state index contributed by atoms with van der Waals surface area (Å²) < 4.78 is 13.4. The maximum atomic E-state index is 13.8. The smallest absolute Gasteiger partial charge is 0.338 e. The van der Waals surface area contributed by atoms with Gasteiger partial charge in [-0.05, 0) is 67.3 Å². The lowest BCUT2D eigenvalue weighted by molar-refractivity contribution is -0.139. The summed E-state index contributed by atoms with van der Waals surface area (Å²) in [6.45, 7) is 3.96. The molecular formula is C28H21Cl3N2O4S2. The van der Waals surface area contributed by atoms with Gasteiger partial charge in [0.25, 0.3) is 5.56 Å². The number of rotatable bonds is 7. The zero-order chi connectivity index (χ0) is 27.7. The van der Waals surface area contributed by atoms with Gasteiger partial charge in [0.1, 0.15) is 18.4 Å². The second-order valence-corrected chi connectivity index (χ2v) is 11.8. The maximum absolute atomic E-state index is 13.8. The Balaban J connectivity index is 1.58. The third kappa shape index (κ3) is 5.71. The van der Waals surface area contributed by atoms with Gasteiger partial charge in [-0.15, -0.1) is 11.3 Å². The summed E-state index contributed by atoms with van der Waals surface area (Å²) in [6, 6.07) is 13.6. The summed E-state index contributed by atoms with van der Waals surface area (Å²) in [5, 5.41) is 3.30. The van der Waals surface area contributed by atoms with Crippen LogP contribution in [-0.4, -0.2) is 17.1 Å². The summed E-state index contributed by atoms with van der Waals surface area (Å²) in [5.74, 6) is 0.0498. The first-order chi connectivity index (χ1) is 18.8. The highest BCUT2D eigenvalue weighted by molar-refractivity contribution is 7.10. The number of fused-ring (bicyclic) bond motifs is 1. The average molecular weight is 620 g/mol. The van der Waals surface area contributed by atoms with Crippen molar-refractivity contribution in [2.24, 2.45) is 4.99 Å². The van der Waals surface area contributed by atoms with E-state index in [-0.39, 0.29) is 18.8 Å². The van der Waals surface area contributed by atoms with Gasteiger partial charge in [-0.2, -0.15) is 0 Å². The molecule has 0 saturated carbocycles. The number of thiophene rings is 1. The van der Waals surface area contributed by atoms with E-state index in [1.807, 2.05) is 23.6 Å². The Bertz CT molecular complexity index is 1770. The van der Waals surface area contributed by atoms with Crippen molar-refractivity contribution in [2.75, 3.05) is 6.61 Å². The van der Waals surface area contributed by atoms with Gasteiger partial charge >= 0.3 is 5.97 Å². The fraction of sp³-hybridized carbons (Fsp3) is 0.179. The largest absolute Gasteiger partial charge is 0.488 e. The minimum absolute atomic E-state index is 0.219. The number of carbonyl (C=O) groups is 1. The van der Waals surface area contributed by atoms with Crippen LogP contribution in [0.25, 0.3) is 6.08 Å². The van der Waals surface area contributed by atoms with E-state index in [2.05, 4.69) is 4.99 Å². The molecule has 0 N–H and O–H groups in total. The lowest BCUT2D eigenvalue weighted by Crippen LogP contribution is -2.39. The van der Waals surface area contributed by atoms with Crippen molar-refractivity contribution in [3.8, 4) is 5.75 Å². The van der Waals surface area contributed by atoms with Crippen molar-refractivity contribution in [3.05, 3.63) is 116 Å². The maximum Gasteiger partial charge on any atom is 0.338 e. The van der Waals surface area contributed by atoms with Crippen LogP contribution < -0.4 is 19.6 Å². The molecule has 1 aliphatic rings. The molecule has 0 amide bonds. The summed E-state index contributed by atoms with van der Waals surface area (Å²) in [7, 11) is 0. The van der Waals surface area contributed by atoms with Crippen molar-refractivity contribution >= 4 is 69.5 Å². The average Bonchev–Trinajstić information content (AvgIpc) is 3.53. The molecule has 200 valence electrons. The zero-order valence-corrected chi connectivity index (χ0v) is 24.6. The van der Waals surface area contributed by atoms with Crippen molar-refractivity contribution < 1.29 is 14.3 Å². The van der Waals surface area contributed by atoms with E-state index in [1.165, 1.54) is 22.7 Å². The van der Waals surface area contributed by atoms with Crippen molar-refractivity contribution in [1.29, 1.82) is 0 Å². The number of hydrogen-bond acceptors (Lipinski definition) is 7. The van der Waals surface area contributed by atoms with Crippen LogP contribution >= 0.6 is 57.5 Å². The topological polar surface area (TPSA) is 69.9 Å². The second-order valence-electron chi connectivity index (χ2n) is 8.54. The highest BCUT2D eigenvalue weighted by Crippen LogP contribution is 2.33. The number of carbonyl (C=O) groups excluding carboxylic acids is 1. The second kappa shape index (κ2) is 11.7. The van der Waals surface area contributed by atoms with E-state index in [1.54, 1.807) is 54.8 Å². The van der Waals surface area contributed by atoms with E-state index >= 15 is 0 Å². The first-order valence-corrected chi connectivity index (χ1v) is 14.7.